The maximum atomic E-state index is 11.9. The van der Waals surface area contributed by atoms with Crippen LogP contribution >= 0.6 is 0 Å². The van der Waals surface area contributed by atoms with Gasteiger partial charge in [0.25, 0.3) is 0 Å². The molecule has 3 N–H and O–H groups in total. The molecule has 0 spiro atoms. The molecule has 0 aliphatic heterocycles. The number of carbonyl (C=O) groups excluding carboxylic acids is 1. The normalized spacial score (nSPS) is 22.0. The first-order valence-electron chi connectivity index (χ1n) is 7.90. The molecule has 1 fully saturated rings. The van der Waals surface area contributed by atoms with Crippen LogP contribution in [0.25, 0.3) is 0 Å². The third kappa shape index (κ3) is 5.48. The fourth-order valence-corrected chi connectivity index (χ4v) is 2.93. The van der Waals surface area contributed by atoms with Crippen molar-refractivity contribution in [1.82, 2.24) is 5.32 Å². The van der Waals surface area contributed by atoms with E-state index in [1.807, 2.05) is 18.2 Å². The Labute approximate surface area is 127 Å². The number of rotatable bonds is 7. The van der Waals surface area contributed by atoms with Gasteiger partial charge in [-0.15, -0.1) is 0 Å². The van der Waals surface area contributed by atoms with Gasteiger partial charge in [0.05, 0.1) is 6.61 Å². The minimum atomic E-state index is -0.0200. The molecular formula is C17H26N2O2. The largest absolute Gasteiger partial charge is 0.371 e. The highest BCUT2D eigenvalue weighted by molar-refractivity contribution is 5.77. The molecule has 2 unspecified atom stereocenters. The van der Waals surface area contributed by atoms with E-state index >= 15 is 0 Å². The maximum Gasteiger partial charge on any atom is 0.246 e. The summed E-state index contributed by atoms with van der Waals surface area (Å²) in [5, 5.41) is 3.07. The molecule has 0 heterocycles. The van der Waals surface area contributed by atoms with E-state index in [2.05, 4.69) is 17.4 Å². The summed E-state index contributed by atoms with van der Waals surface area (Å²) in [5.41, 5.74) is 7.00. The second-order valence-electron chi connectivity index (χ2n) is 5.74. The number of nitrogens with two attached hydrogens (primary N) is 1. The van der Waals surface area contributed by atoms with Crippen LogP contribution in [0.3, 0.4) is 0 Å². The molecule has 1 amide bonds. The highest BCUT2D eigenvalue weighted by Gasteiger charge is 2.25. The van der Waals surface area contributed by atoms with Gasteiger partial charge in [-0.2, -0.15) is 0 Å². The molecule has 0 bridgehead atoms. The van der Waals surface area contributed by atoms with Crippen molar-refractivity contribution in [2.75, 3.05) is 19.8 Å². The third-order valence-corrected chi connectivity index (χ3v) is 4.17. The molecule has 1 saturated carbocycles. The highest BCUT2D eigenvalue weighted by Crippen LogP contribution is 2.23. The summed E-state index contributed by atoms with van der Waals surface area (Å²) in [7, 11) is 0. The van der Waals surface area contributed by atoms with Crippen molar-refractivity contribution in [2.24, 2.45) is 11.7 Å². The number of amides is 1. The topological polar surface area (TPSA) is 64.3 Å². The summed E-state index contributed by atoms with van der Waals surface area (Å²) >= 11 is 0. The second kappa shape index (κ2) is 8.80. The van der Waals surface area contributed by atoms with E-state index in [1.165, 1.54) is 18.4 Å². The van der Waals surface area contributed by atoms with E-state index in [9.17, 15) is 4.79 Å². The quantitative estimate of drug-likeness (QED) is 0.754. The van der Waals surface area contributed by atoms with Crippen LogP contribution in [-0.4, -0.2) is 31.7 Å². The summed E-state index contributed by atoms with van der Waals surface area (Å²) in [6.07, 6.45) is 5.40. The zero-order chi connectivity index (χ0) is 14.9. The van der Waals surface area contributed by atoms with Crippen molar-refractivity contribution in [3.05, 3.63) is 35.9 Å². The van der Waals surface area contributed by atoms with Gasteiger partial charge in [-0.25, -0.2) is 0 Å². The minimum absolute atomic E-state index is 0.0200. The molecule has 116 valence electrons. The lowest BCUT2D eigenvalue weighted by Gasteiger charge is -2.31. The van der Waals surface area contributed by atoms with Crippen LogP contribution in [0.4, 0.5) is 0 Å². The molecule has 4 heteroatoms. The Hall–Kier alpha value is -1.39. The second-order valence-corrected chi connectivity index (χ2v) is 5.74. The lowest BCUT2D eigenvalue weighted by atomic mass is 9.84. The average Bonchev–Trinajstić information content (AvgIpc) is 2.53. The van der Waals surface area contributed by atoms with Gasteiger partial charge in [-0.05, 0) is 37.3 Å². The smallest absolute Gasteiger partial charge is 0.246 e. The van der Waals surface area contributed by atoms with Crippen LogP contribution in [0, 0.1) is 5.92 Å². The monoisotopic (exact) mass is 290 g/mol. The number of benzene rings is 1. The van der Waals surface area contributed by atoms with Crippen LogP contribution in [0.5, 0.6) is 0 Å². The molecule has 0 radical (unpaired) electrons. The summed E-state index contributed by atoms with van der Waals surface area (Å²) in [6, 6.07) is 10.4. The predicted octanol–water partition coefficient (Wildman–Crippen LogP) is 1.88. The molecule has 1 aromatic rings. The third-order valence-electron chi connectivity index (χ3n) is 4.17. The Kier molecular flexibility index (Phi) is 6.70. The van der Waals surface area contributed by atoms with Crippen molar-refractivity contribution >= 4 is 5.91 Å². The van der Waals surface area contributed by atoms with Gasteiger partial charge >= 0.3 is 0 Å². The van der Waals surface area contributed by atoms with Gasteiger partial charge < -0.3 is 15.8 Å². The van der Waals surface area contributed by atoms with Crippen molar-refractivity contribution in [1.29, 1.82) is 0 Å². The van der Waals surface area contributed by atoms with E-state index < -0.39 is 0 Å². The zero-order valence-electron chi connectivity index (χ0n) is 12.6. The van der Waals surface area contributed by atoms with Gasteiger partial charge in [-0.1, -0.05) is 43.2 Å². The highest BCUT2D eigenvalue weighted by atomic mass is 16.5. The Bertz CT molecular complexity index is 422. The Balaban J connectivity index is 1.63. The van der Waals surface area contributed by atoms with Gasteiger partial charge in [0.2, 0.25) is 5.91 Å². The maximum absolute atomic E-state index is 11.9. The lowest BCUT2D eigenvalue weighted by molar-refractivity contribution is -0.127. The number of nitrogens with one attached hydrogen (secondary N) is 1. The number of carbonyl (C=O) groups is 1. The zero-order valence-corrected chi connectivity index (χ0v) is 12.6. The minimum Gasteiger partial charge on any atom is -0.371 e. The van der Waals surface area contributed by atoms with Gasteiger partial charge in [0, 0.05) is 6.04 Å². The van der Waals surface area contributed by atoms with Crippen LogP contribution < -0.4 is 11.1 Å². The summed E-state index contributed by atoms with van der Waals surface area (Å²) in [6.45, 7) is 1.36. The van der Waals surface area contributed by atoms with Gasteiger partial charge in [0.1, 0.15) is 6.61 Å². The summed E-state index contributed by atoms with van der Waals surface area (Å²) in [4.78, 5) is 11.9. The summed E-state index contributed by atoms with van der Waals surface area (Å²) < 4.78 is 5.47. The van der Waals surface area contributed by atoms with Crippen LogP contribution in [-0.2, 0) is 16.0 Å². The SMILES string of the molecule is NCC1CCCCC1NC(=O)COCCc1ccccc1. The van der Waals surface area contributed by atoms with E-state index in [0.717, 1.165) is 19.3 Å². The number of hydrogen-bond acceptors (Lipinski definition) is 3. The molecule has 2 rings (SSSR count). The molecule has 0 aromatic heterocycles. The van der Waals surface area contributed by atoms with Gasteiger partial charge in [-0.3, -0.25) is 4.79 Å². The first-order chi connectivity index (χ1) is 10.3. The molecule has 1 aromatic carbocycles. The van der Waals surface area contributed by atoms with Crippen molar-refractivity contribution in [3.63, 3.8) is 0 Å². The Morgan fingerprint density at radius 1 is 1.24 bits per heavy atom. The molecule has 2 atom stereocenters. The standard InChI is InChI=1S/C17H26N2O2/c18-12-15-8-4-5-9-16(15)19-17(20)13-21-11-10-14-6-2-1-3-7-14/h1-3,6-7,15-16H,4-5,8-13,18H2,(H,19,20). The molecule has 0 saturated heterocycles. The van der Waals surface area contributed by atoms with E-state index in [1.54, 1.807) is 0 Å². The van der Waals surface area contributed by atoms with Crippen molar-refractivity contribution < 1.29 is 9.53 Å². The summed E-state index contributed by atoms with van der Waals surface area (Å²) in [5.74, 6) is 0.403. The molecule has 4 nitrogen and oxygen atoms in total. The predicted molar refractivity (Wildman–Crippen MR) is 83.9 cm³/mol. The molecule has 1 aliphatic rings. The van der Waals surface area contributed by atoms with E-state index in [-0.39, 0.29) is 18.6 Å². The number of hydrogen-bond donors (Lipinski definition) is 2. The molecule has 1 aliphatic carbocycles. The van der Waals surface area contributed by atoms with Crippen LogP contribution in [0.15, 0.2) is 30.3 Å². The number of ether oxygens (including phenoxy) is 1. The molecule has 21 heavy (non-hydrogen) atoms. The first kappa shape index (κ1) is 16.0. The first-order valence-corrected chi connectivity index (χ1v) is 7.90. The Morgan fingerprint density at radius 2 is 2.00 bits per heavy atom. The van der Waals surface area contributed by atoms with Crippen LogP contribution in [0.1, 0.15) is 31.2 Å². The fraction of sp³-hybridized carbons (Fsp3) is 0.588. The van der Waals surface area contributed by atoms with Crippen molar-refractivity contribution in [3.8, 4) is 0 Å². The average molecular weight is 290 g/mol. The van der Waals surface area contributed by atoms with Crippen LogP contribution in [0.2, 0.25) is 0 Å². The molecular weight excluding hydrogens is 264 g/mol. The lowest BCUT2D eigenvalue weighted by Crippen LogP contribution is -2.45. The fourth-order valence-electron chi connectivity index (χ4n) is 2.93. The van der Waals surface area contributed by atoms with E-state index in [0.29, 0.717) is 19.1 Å². The van der Waals surface area contributed by atoms with E-state index in [4.69, 9.17) is 10.5 Å². The Morgan fingerprint density at radius 3 is 2.76 bits per heavy atom. The van der Waals surface area contributed by atoms with Crippen molar-refractivity contribution in [2.45, 2.75) is 38.1 Å². The van der Waals surface area contributed by atoms with Gasteiger partial charge in [0.15, 0.2) is 0 Å².